The van der Waals surface area contributed by atoms with Crippen molar-refractivity contribution in [2.24, 2.45) is 0 Å². The molecular weight excluding hydrogens is 256 g/mol. The minimum absolute atomic E-state index is 0.0480. The fraction of sp³-hybridized carbons (Fsp3) is 0.812. The van der Waals surface area contributed by atoms with Crippen LogP contribution in [0.15, 0.2) is 12.2 Å². The SMILES string of the molecule is CCCC/C=C/CCCCCCCC(=O)OCSC. The first-order valence-electron chi connectivity index (χ1n) is 7.60. The molecule has 0 spiro atoms. The maximum absolute atomic E-state index is 11.2. The Kier molecular flexibility index (Phi) is 15.3. The van der Waals surface area contributed by atoms with Gasteiger partial charge in [0.15, 0.2) is 0 Å². The van der Waals surface area contributed by atoms with Crippen molar-refractivity contribution in [1.29, 1.82) is 0 Å². The van der Waals surface area contributed by atoms with Gasteiger partial charge in [0.25, 0.3) is 0 Å². The summed E-state index contributed by atoms with van der Waals surface area (Å²) in [5.74, 6) is 0.441. The van der Waals surface area contributed by atoms with E-state index in [1.54, 1.807) is 11.8 Å². The third-order valence-electron chi connectivity index (χ3n) is 2.98. The Morgan fingerprint density at radius 2 is 1.63 bits per heavy atom. The van der Waals surface area contributed by atoms with Crippen LogP contribution in [0.1, 0.15) is 71.1 Å². The summed E-state index contributed by atoms with van der Waals surface area (Å²) in [5, 5.41) is 0. The van der Waals surface area contributed by atoms with E-state index in [2.05, 4.69) is 19.1 Å². The lowest BCUT2D eigenvalue weighted by Gasteiger charge is -2.02. The second-order valence-corrected chi connectivity index (χ2v) is 5.66. The van der Waals surface area contributed by atoms with Gasteiger partial charge in [0.2, 0.25) is 0 Å². The lowest BCUT2D eigenvalue weighted by atomic mass is 10.1. The smallest absolute Gasteiger partial charge is 0.306 e. The molecule has 0 aliphatic rings. The lowest BCUT2D eigenvalue weighted by molar-refractivity contribution is -0.141. The number of hydrogen-bond donors (Lipinski definition) is 0. The second kappa shape index (κ2) is 15.6. The number of carbonyl (C=O) groups is 1. The summed E-state index contributed by atoms with van der Waals surface area (Å²) in [5.41, 5.74) is 0. The highest BCUT2D eigenvalue weighted by Gasteiger charge is 2.01. The van der Waals surface area contributed by atoms with Gasteiger partial charge in [-0.2, -0.15) is 0 Å². The van der Waals surface area contributed by atoms with E-state index in [-0.39, 0.29) is 5.97 Å². The molecule has 0 saturated carbocycles. The Morgan fingerprint density at radius 3 is 2.32 bits per heavy atom. The molecule has 0 aliphatic heterocycles. The van der Waals surface area contributed by atoms with Gasteiger partial charge in [-0.1, -0.05) is 51.2 Å². The van der Waals surface area contributed by atoms with E-state index in [1.165, 1.54) is 44.9 Å². The molecule has 0 aromatic heterocycles. The van der Waals surface area contributed by atoms with Crippen LogP contribution in [0.5, 0.6) is 0 Å². The first-order chi connectivity index (χ1) is 9.31. The summed E-state index contributed by atoms with van der Waals surface area (Å²) in [6, 6.07) is 0. The normalized spacial score (nSPS) is 11.1. The van der Waals surface area contributed by atoms with Crippen molar-refractivity contribution < 1.29 is 9.53 Å². The molecule has 0 fully saturated rings. The summed E-state index contributed by atoms with van der Waals surface area (Å²) < 4.78 is 5.00. The van der Waals surface area contributed by atoms with E-state index < -0.39 is 0 Å². The highest BCUT2D eigenvalue weighted by atomic mass is 32.2. The molecule has 0 unspecified atom stereocenters. The van der Waals surface area contributed by atoms with Gasteiger partial charge < -0.3 is 4.74 Å². The quantitative estimate of drug-likeness (QED) is 0.198. The van der Waals surface area contributed by atoms with Crippen molar-refractivity contribution in [1.82, 2.24) is 0 Å². The zero-order valence-electron chi connectivity index (χ0n) is 12.7. The van der Waals surface area contributed by atoms with Crippen LogP contribution < -0.4 is 0 Å². The average molecular weight is 286 g/mol. The molecule has 0 aromatic rings. The summed E-state index contributed by atoms with van der Waals surface area (Å²) in [6.07, 6.45) is 18.1. The van der Waals surface area contributed by atoms with Gasteiger partial charge in [-0.3, -0.25) is 4.79 Å². The molecular formula is C16H30O2S. The number of thioether (sulfide) groups is 1. The van der Waals surface area contributed by atoms with Crippen LogP contribution in [0.2, 0.25) is 0 Å². The van der Waals surface area contributed by atoms with Gasteiger partial charge in [0, 0.05) is 6.42 Å². The van der Waals surface area contributed by atoms with Crippen LogP contribution in [-0.2, 0) is 9.53 Å². The van der Waals surface area contributed by atoms with Crippen LogP contribution in [0.4, 0.5) is 0 Å². The van der Waals surface area contributed by atoms with Gasteiger partial charge in [0.05, 0.1) is 0 Å². The van der Waals surface area contributed by atoms with E-state index in [1.807, 2.05) is 6.26 Å². The summed E-state index contributed by atoms with van der Waals surface area (Å²) in [6.45, 7) is 2.23. The largest absolute Gasteiger partial charge is 0.455 e. The van der Waals surface area contributed by atoms with E-state index in [0.717, 1.165) is 12.8 Å². The average Bonchev–Trinajstić information content (AvgIpc) is 2.42. The fourth-order valence-corrected chi connectivity index (χ4v) is 2.07. The van der Waals surface area contributed by atoms with E-state index in [0.29, 0.717) is 12.4 Å². The fourth-order valence-electron chi connectivity index (χ4n) is 1.82. The van der Waals surface area contributed by atoms with Crippen molar-refractivity contribution in [2.75, 3.05) is 12.2 Å². The number of esters is 1. The van der Waals surface area contributed by atoms with Gasteiger partial charge in [-0.15, -0.1) is 11.8 Å². The van der Waals surface area contributed by atoms with Gasteiger partial charge in [0.1, 0.15) is 5.94 Å². The van der Waals surface area contributed by atoms with Crippen molar-refractivity contribution in [3.8, 4) is 0 Å². The summed E-state index contributed by atoms with van der Waals surface area (Å²) >= 11 is 1.54. The second-order valence-electron chi connectivity index (χ2n) is 4.84. The molecule has 0 aromatic carbocycles. The van der Waals surface area contributed by atoms with E-state index in [4.69, 9.17) is 4.74 Å². The Morgan fingerprint density at radius 1 is 1.00 bits per heavy atom. The standard InChI is InChI=1S/C16H30O2S/c1-3-4-5-6-7-8-9-10-11-12-13-14-16(17)18-15-19-2/h6-7H,3-5,8-15H2,1-2H3/b7-6+. The van der Waals surface area contributed by atoms with Gasteiger partial charge >= 0.3 is 5.97 Å². The molecule has 0 heterocycles. The van der Waals surface area contributed by atoms with E-state index >= 15 is 0 Å². The molecule has 0 rings (SSSR count). The Balaban J connectivity index is 3.14. The zero-order chi connectivity index (χ0) is 14.2. The molecule has 0 N–H and O–H groups in total. The number of carbonyl (C=O) groups excluding carboxylic acids is 1. The number of allylic oxidation sites excluding steroid dienone is 2. The van der Waals surface area contributed by atoms with Gasteiger partial charge in [-0.05, 0) is 31.9 Å². The minimum atomic E-state index is -0.0480. The Bertz CT molecular complexity index is 227. The van der Waals surface area contributed by atoms with Crippen molar-refractivity contribution in [3.05, 3.63) is 12.2 Å². The molecule has 19 heavy (non-hydrogen) atoms. The van der Waals surface area contributed by atoms with Crippen molar-refractivity contribution >= 4 is 17.7 Å². The minimum Gasteiger partial charge on any atom is -0.455 e. The molecule has 3 heteroatoms. The molecule has 0 amide bonds. The lowest BCUT2D eigenvalue weighted by Crippen LogP contribution is -2.03. The van der Waals surface area contributed by atoms with Crippen molar-refractivity contribution in [2.45, 2.75) is 71.1 Å². The predicted molar refractivity (Wildman–Crippen MR) is 85.5 cm³/mol. The predicted octanol–water partition coefficient (Wildman–Crippen LogP) is 5.33. The third kappa shape index (κ3) is 15.5. The van der Waals surface area contributed by atoms with E-state index in [9.17, 15) is 4.79 Å². The highest BCUT2D eigenvalue weighted by Crippen LogP contribution is 2.09. The first kappa shape index (κ1) is 18.6. The maximum Gasteiger partial charge on any atom is 0.306 e. The van der Waals surface area contributed by atoms with Gasteiger partial charge in [-0.25, -0.2) is 0 Å². The van der Waals surface area contributed by atoms with Crippen LogP contribution in [0.3, 0.4) is 0 Å². The number of hydrogen-bond acceptors (Lipinski definition) is 3. The molecule has 0 atom stereocenters. The topological polar surface area (TPSA) is 26.3 Å². The highest BCUT2D eigenvalue weighted by molar-refractivity contribution is 7.98. The van der Waals surface area contributed by atoms with Crippen molar-refractivity contribution in [3.63, 3.8) is 0 Å². The van der Waals surface area contributed by atoms with Crippen LogP contribution in [-0.4, -0.2) is 18.2 Å². The van der Waals surface area contributed by atoms with Crippen LogP contribution >= 0.6 is 11.8 Å². The number of unbranched alkanes of at least 4 members (excludes halogenated alkanes) is 7. The Labute approximate surface area is 123 Å². The molecule has 0 saturated heterocycles. The number of ether oxygens (including phenoxy) is 1. The third-order valence-corrected chi connectivity index (χ3v) is 3.33. The molecule has 0 aliphatic carbocycles. The summed E-state index contributed by atoms with van der Waals surface area (Å²) in [4.78, 5) is 11.2. The van der Waals surface area contributed by atoms with Crippen LogP contribution in [0, 0.1) is 0 Å². The first-order valence-corrected chi connectivity index (χ1v) is 9.00. The summed E-state index contributed by atoms with van der Waals surface area (Å²) in [7, 11) is 0. The molecule has 2 nitrogen and oxygen atoms in total. The number of rotatable bonds is 13. The molecule has 0 bridgehead atoms. The molecule has 0 radical (unpaired) electrons. The van der Waals surface area contributed by atoms with Crippen LogP contribution in [0.25, 0.3) is 0 Å². The molecule has 112 valence electrons. The maximum atomic E-state index is 11.2. The zero-order valence-corrected chi connectivity index (χ0v) is 13.5. The monoisotopic (exact) mass is 286 g/mol. The Hall–Kier alpha value is -0.440.